The Kier molecular flexibility index (Phi) is 5.10. The maximum atomic E-state index is 12.0. The molecule has 3 N–H and O–H groups in total. The van der Waals surface area contributed by atoms with Gasteiger partial charge in [0.15, 0.2) is 0 Å². The number of benzene rings is 1. The first kappa shape index (κ1) is 15.7. The van der Waals surface area contributed by atoms with Crippen molar-refractivity contribution in [3.63, 3.8) is 0 Å². The minimum absolute atomic E-state index is 0.0350. The molecule has 1 aromatic rings. The smallest absolute Gasteiger partial charge is 0.319 e. The van der Waals surface area contributed by atoms with Gasteiger partial charge in [-0.25, -0.2) is 4.79 Å². The molecule has 1 saturated carbocycles. The van der Waals surface area contributed by atoms with Gasteiger partial charge < -0.3 is 16.0 Å². The lowest BCUT2D eigenvalue weighted by Crippen LogP contribution is -2.39. The molecule has 0 saturated heterocycles. The fourth-order valence-electron chi connectivity index (χ4n) is 2.67. The molecular formula is C17H27N3O. The Morgan fingerprint density at radius 1 is 1.00 bits per heavy atom. The van der Waals surface area contributed by atoms with Crippen molar-refractivity contribution in [2.24, 2.45) is 0 Å². The lowest BCUT2D eigenvalue weighted by molar-refractivity contribution is 0.244. The van der Waals surface area contributed by atoms with Crippen LogP contribution in [-0.4, -0.2) is 17.6 Å². The van der Waals surface area contributed by atoms with Crippen LogP contribution in [0.1, 0.15) is 52.9 Å². The fourth-order valence-corrected chi connectivity index (χ4v) is 2.67. The molecule has 1 aliphatic rings. The van der Waals surface area contributed by atoms with E-state index in [0.29, 0.717) is 6.04 Å². The second-order valence-electron chi connectivity index (χ2n) is 6.89. The van der Waals surface area contributed by atoms with Gasteiger partial charge >= 0.3 is 6.03 Å². The highest BCUT2D eigenvalue weighted by Gasteiger charge is 2.15. The van der Waals surface area contributed by atoms with Gasteiger partial charge in [-0.2, -0.15) is 0 Å². The van der Waals surface area contributed by atoms with E-state index in [2.05, 4.69) is 36.7 Å². The first-order valence-electron chi connectivity index (χ1n) is 7.88. The van der Waals surface area contributed by atoms with Crippen molar-refractivity contribution in [3.05, 3.63) is 24.3 Å². The molecule has 0 bridgehead atoms. The first-order valence-corrected chi connectivity index (χ1v) is 7.88. The molecule has 1 aliphatic carbocycles. The number of carbonyl (C=O) groups is 1. The van der Waals surface area contributed by atoms with Crippen LogP contribution in [0.5, 0.6) is 0 Å². The maximum absolute atomic E-state index is 12.0. The van der Waals surface area contributed by atoms with Gasteiger partial charge in [0.05, 0.1) is 0 Å². The molecule has 0 radical (unpaired) electrons. The van der Waals surface area contributed by atoms with Crippen molar-refractivity contribution in [2.45, 2.75) is 64.5 Å². The Balaban J connectivity index is 1.83. The van der Waals surface area contributed by atoms with Crippen molar-refractivity contribution in [2.75, 3.05) is 10.6 Å². The summed E-state index contributed by atoms with van der Waals surface area (Å²) in [6.07, 6.45) is 5.93. The minimum Gasteiger partial charge on any atom is -0.380 e. The van der Waals surface area contributed by atoms with Gasteiger partial charge in [0.25, 0.3) is 0 Å². The van der Waals surface area contributed by atoms with Gasteiger partial charge in [-0.05, 0) is 57.9 Å². The third-order valence-electron chi connectivity index (χ3n) is 3.60. The number of amides is 2. The molecule has 2 rings (SSSR count). The number of hydrogen-bond acceptors (Lipinski definition) is 2. The second kappa shape index (κ2) is 6.83. The number of rotatable bonds is 3. The van der Waals surface area contributed by atoms with Crippen molar-refractivity contribution in [3.8, 4) is 0 Å². The fraction of sp³-hybridized carbons (Fsp3) is 0.588. The Hall–Kier alpha value is -1.71. The van der Waals surface area contributed by atoms with Crippen LogP contribution in [-0.2, 0) is 0 Å². The van der Waals surface area contributed by atoms with Crippen molar-refractivity contribution in [1.82, 2.24) is 5.32 Å². The highest BCUT2D eigenvalue weighted by atomic mass is 16.2. The van der Waals surface area contributed by atoms with Gasteiger partial charge in [0.2, 0.25) is 0 Å². The van der Waals surface area contributed by atoms with E-state index in [0.717, 1.165) is 24.2 Å². The molecular weight excluding hydrogens is 262 g/mol. The van der Waals surface area contributed by atoms with Crippen LogP contribution in [0, 0.1) is 0 Å². The summed E-state index contributed by atoms with van der Waals surface area (Å²) in [6, 6.07) is 8.06. The van der Waals surface area contributed by atoms with Gasteiger partial charge in [-0.15, -0.1) is 0 Å². The molecule has 0 aromatic heterocycles. The summed E-state index contributed by atoms with van der Waals surface area (Å²) in [6.45, 7) is 6.37. The standard InChI is InChI=1S/C17H27N3O/c1-17(2,3)20-15-11-9-14(10-12-15)19-16(21)18-13-7-5-4-6-8-13/h9-13,20H,4-8H2,1-3H3,(H2,18,19,21). The van der Waals surface area contributed by atoms with E-state index in [1.54, 1.807) is 0 Å². The Labute approximate surface area is 127 Å². The monoisotopic (exact) mass is 289 g/mol. The topological polar surface area (TPSA) is 53.2 Å². The van der Waals surface area contributed by atoms with Gasteiger partial charge in [0.1, 0.15) is 0 Å². The number of urea groups is 1. The van der Waals surface area contributed by atoms with Crippen LogP contribution in [0.25, 0.3) is 0 Å². The van der Waals surface area contributed by atoms with Crippen LogP contribution in [0.3, 0.4) is 0 Å². The van der Waals surface area contributed by atoms with E-state index >= 15 is 0 Å². The Bertz CT molecular complexity index is 456. The zero-order valence-electron chi connectivity index (χ0n) is 13.3. The molecule has 2 amide bonds. The summed E-state index contributed by atoms with van der Waals surface area (Å²) >= 11 is 0. The van der Waals surface area contributed by atoms with Crippen molar-refractivity contribution in [1.29, 1.82) is 0 Å². The molecule has 0 aliphatic heterocycles. The highest BCUT2D eigenvalue weighted by Crippen LogP contribution is 2.19. The third kappa shape index (κ3) is 5.66. The summed E-state index contributed by atoms with van der Waals surface area (Å²) in [5.41, 5.74) is 1.91. The van der Waals surface area contributed by atoms with E-state index in [4.69, 9.17) is 0 Å². The lowest BCUT2D eigenvalue weighted by Gasteiger charge is -2.23. The summed E-state index contributed by atoms with van der Waals surface area (Å²) in [7, 11) is 0. The second-order valence-corrected chi connectivity index (χ2v) is 6.89. The molecule has 4 nitrogen and oxygen atoms in total. The average Bonchev–Trinajstić information content (AvgIpc) is 2.40. The van der Waals surface area contributed by atoms with Gasteiger partial charge in [-0.3, -0.25) is 0 Å². The first-order chi connectivity index (χ1) is 9.92. The Morgan fingerprint density at radius 3 is 2.14 bits per heavy atom. The SMILES string of the molecule is CC(C)(C)Nc1ccc(NC(=O)NC2CCCCC2)cc1. The largest absolute Gasteiger partial charge is 0.380 e. The molecule has 0 spiro atoms. The zero-order valence-corrected chi connectivity index (χ0v) is 13.3. The number of carbonyl (C=O) groups excluding carboxylic acids is 1. The van der Waals surface area contributed by atoms with Crippen LogP contribution >= 0.6 is 0 Å². The van der Waals surface area contributed by atoms with Gasteiger partial charge in [-0.1, -0.05) is 19.3 Å². The van der Waals surface area contributed by atoms with Gasteiger partial charge in [0, 0.05) is 23.0 Å². The van der Waals surface area contributed by atoms with Crippen molar-refractivity contribution < 1.29 is 4.79 Å². The van der Waals surface area contributed by atoms with Crippen LogP contribution < -0.4 is 16.0 Å². The molecule has 116 valence electrons. The van der Waals surface area contributed by atoms with E-state index in [9.17, 15) is 4.79 Å². The van der Waals surface area contributed by atoms with E-state index in [1.165, 1.54) is 19.3 Å². The normalized spacial score (nSPS) is 16.3. The number of hydrogen-bond donors (Lipinski definition) is 3. The predicted octanol–water partition coefficient (Wildman–Crippen LogP) is 4.35. The van der Waals surface area contributed by atoms with Crippen LogP contribution in [0.4, 0.5) is 16.2 Å². The van der Waals surface area contributed by atoms with Crippen LogP contribution in [0.15, 0.2) is 24.3 Å². The zero-order chi connectivity index (χ0) is 15.3. The summed E-state index contributed by atoms with van der Waals surface area (Å²) in [5, 5.41) is 9.35. The van der Waals surface area contributed by atoms with E-state index < -0.39 is 0 Å². The van der Waals surface area contributed by atoms with E-state index in [-0.39, 0.29) is 11.6 Å². The molecule has 4 heteroatoms. The molecule has 0 unspecified atom stereocenters. The summed E-state index contributed by atoms with van der Waals surface area (Å²) in [5.74, 6) is 0. The maximum Gasteiger partial charge on any atom is 0.319 e. The average molecular weight is 289 g/mol. The summed E-state index contributed by atoms with van der Waals surface area (Å²) < 4.78 is 0. The molecule has 0 heterocycles. The minimum atomic E-state index is -0.0987. The molecule has 21 heavy (non-hydrogen) atoms. The number of anilines is 2. The lowest BCUT2D eigenvalue weighted by atomic mass is 9.96. The predicted molar refractivity (Wildman–Crippen MR) is 88.8 cm³/mol. The third-order valence-corrected chi connectivity index (χ3v) is 3.60. The van der Waals surface area contributed by atoms with Crippen molar-refractivity contribution >= 4 is 17.4 Å². The molecule has 0 atom stereocenters. The summed E-state index contributed by atoms with van der Waals surface area (Å²) in [4.78, 5) is 12.0. The number of nitrogens with one attached hydrogen (secondary N) is 3. The molecule has 1 aromatic carbocycles. The van der Waals surface area contributed by atoms with E-state index in [1.807, 2.05) is 24.3 Å². The quantitative estimate of drug-likeness (QED) is 0.774. The Morgan fingerprint density at radius 2 is 1.57 bits per heavy atom. The highest BCUT2D eigenvalue weighted by molar-refractivity contribution is 5.89. The van der Waals surface area contributed by atoms with Crippen LogP contribution in [0.2, 0.25) is 0 Å². The molecule has 1 fully saturated rings.